The summed E-state index contributed by atoms with van der Waals surface area (Å²) in [6, 6.07) is 14.5. The molecule has 0 spiro atoms. The van der Waals surface area contributed by atoms with Gasteiger partial charge < -0.3 is 14.4 Å². The molecule has 0 atom stereocenters. The number of aryl methyl sites for hydroxylation is 1. The summed E-state index contributed by atoms with van der Waals surface area (Å²) < 4.78 is 7.35. The number of carbonyl (C=O) groups is 2. The van der Waals surface area contributed by atoms with E-state index in [1.807, 2.05) is 41.0 Å². The summed E-state index contributed by atoms with van der Waals surface area (Å²) >= 11 is 6.42. The van der Waals surface area contributed by atoms with Crippen molar-refractivity contribution >= 4 is 29.6 Å². The van der Waals surface area contributed by atoms with Crippen LogP contribution in [0.15, 0.2) is 60.3 Å². The number of carbonyl (C=O) groups excluding carboxylic acids is 1. The van der Waals surface area contributed by atoms with Crippen molar-refractivity contribution in [1.82, 2.24) is 9.55 Å². The number of carboxylic acid groups (broad SMARTS) is 1. The second kappa shape index (κ2) is 12.2. The monoisotopic (exact) mass is 480 g/mol. The van der Waals surface area contributed by atoms with Gasteiger partial charge >= 0.3 is 11.9 Å². The Bertz CT molecular complexity index is 1170. The SMILES string of the molecule is CCCCc1ncc(/C=C(\Cc2ccccc2)C(=O)OCC)n1Cc1ccc(C(=O)O)cc1Cl. The van der Waals surface area contributed by atoms with Gasteiger partial charge in [-0.25, -0.2) is 14.6 Å². The van der Waals surface area contributed by atoms with Crippen LogP contribution in [-0.2, 0) is 28.9 Å². The van der Waals surface area contributed by atoms with Crippen LogP contribution in [0.4, 0.5) is 0 Å². The number of ether oxygens (including phenoxy) is 1. The fourth-order valence-corrected chi connectivity index (χ4v) is 3.88. The van der Waals surface area contributed by atoms with Gasteiger partial charge in [-0.05, 0) is 42.7 Å². The number of aromatic nitrogens is 2. The number of imidazole rings is 1. The highest BCUT2D eigenvalue weighted by molar-refractivity contribution is 6.31. The molecule has 1 N–H and O–H groups in total. The molecule has 3 aromatic rings. The molecule has 0 amide bonds. The number of nitrogens with zero attached hydrogens (tertiary/aromatic N) is 2. The van der Waals surface area contributed by atoms with Crippen LogP contribution in [0.2, 0.25) is 5.02 Å². The minimum absolute atomic E-state index is 0.137. The molecule has 0 bridgehead atoms. The van der Waals surface area contributed by atoms with Crippen molar-refractivity contribution in [2.45, 2.75) is 46.1 Å². The Morgan fingerprint density at radius 1 is 1.15 bits per heavy atom. The van der Waals surface area contributed by atoms with Gasteiger partial charge in [0.05, 0.1) is 30.6 Å². The molecular weight excluding hydrogens is 452 g/mol. The first-order valence-corrected chi connectivity index (χ1v) is 11.8. The lowest BCUT2D eigenvalue weighted by atomic mass is 10.0. The van der Waals surface area contributed by atoms with Gasteiger partial charge in [0.15, 0.2) is 0 Å². The molecule has 0 fully saturated rings. The highest BCUT2D eigenvalue weighted by Crippen LogP contribution is 2.23. The molecule has 7 heteroatoms. The molecular formula is C27H29ClN2O4. The third-order valence-corrected chi connectivity index (χ3v) is 5.80. The van der Waals surface area contributed by atoms with Crippen LogP contribution in [0.25, 0.3) is 6.08 Å². The lowest BCUT2D eigenvalue weighted by Crippen LogP contribution is -2.12. The number of halogens is 1. The average molecular weight is 481 g/mol. The Morgan fingerprint density at radius 3 is 2.56 bits per heavy atom. The van der Waals surface area contributed by atoms with Crippen LogP contribution in [-0.4, -0.2) is 33.2 Å². The molecule has 1 heterocycles. The molecule has 2 aromatic carbocycles. The van der Waals surface area contributed by atoms with Gasteiger partial charge in [0.25, 0.3) is 0 Å². The number of benzene rings is 2. The summed E-state index contributed by atoms with van der Waals surface area (Å²) in [7, 11) is 0. The van der Waals surface area contributed by atoms with E-state index in [1.165, 1.54) is 6.07 Å². The van der Waals surface area contributed by atoms with E-state index in [9.17, 15) is 14.7 Å². The van der Waals surface area contributed by atoms with E-state index < -0.39 is 5.97 Å². The molecule has 0 radical (unpaired) electrons. The third kappa shape index (κ3) is 6.58. The van der Waals surface area contributed by atoms with E-state index in [2.05, 4.69) is 11.9 Å². The predicted octanol–water partition coefficient (Wildman–Crippen LogP) is 5.81. The zero-order chi connectivity index (χ0) is 24.5. The van der Waals surface area contributed by atoms with Gasteiger partial charge in [-0.15, -0.1) is 0 Å². The average Bonchev–Trinajstić information content (AvgIpc) is 3.20. The van der Waals surface area contributed by atoms with Crippen molar-refractivity contribution in [3.63, 3.8) is 0 Å². The molecule has 0 saturated heterocycles. The van der Waals surface area contributed by atoms with Crippen molar-refractivity contribution in [2.75, 3.05) is 6.61 Å². The zero-order valence-electron chi connectivity index (χ0n) is 19.5. The van der Waals surface area contributed by atoms with Crippen molar-refractivity contribution in [3.8, 4) is 0 Å². The Hall–Kier alpha value is -3.38. The van der Waals surface area contributed by atoms with Crippen molar-refractivity contribution in [3.05, 3.63) is 93.5 Å². The first-order valence-electron chi connectivity index (χ1n) is 11.4. The van der Waals surface area contributed by atoms with E-state index in [0.717, 1.165) is 41.9 Å². The van der Waals surface area contributed by atoms with Crippen LogP contribution in [0, 0.1) is 0 Å². The smallest absolute Gasteiger partial charge is 0.335 e. The van der Waals surface area contributed by atoms with E-state index in [0.29, 0.717) is 23.6 Å². The van der Waals surface area contributed by atoms with Crippen LogP contribution >= 0.6 is 11.6 Å². The van der Waals surface area contributed by atoms with Crippen molar-refractivity contribution in [1.29, 1.82) is 0 Å². The highest BCUT2D eigenvalue weighted by Gasteiger charge is 2.16. The molecule has 1 aromatic heterocycles. The quantitative estimate of drug-likeness (QED) is 0.276. The fourth-order valence-electron chi connectivity index (χ4n) is 3.64. The summed E-state index contributed by atoms with van der Waals surface area (Å²) in [6.07, 6.45) is 6.79. The van der Waals surface area contributed by atoms with Crippen molar-refractivity contribution in [2.24, 2.45) is 0 Å². The molecule has 0 unspecified atom stereocenters. The topological polar surface area (TPSA) is 81.4 Å². The lowest BCUT2D eigenvalue weighted by molar-refractivity contribution is -0.138. The van der Waals surface area contributed by atoms with Crippen molar-refractivity contribution < 1.29 is 19.4 Å². The first-order chi connectivity index (χ1) is 16.4. The van der Waals surface area contributed by atoms with Crippen LogP contribution in [0.5, 0.6) is 0 Å². The largest absolute Gasteiger partial charge is 0.478 e. The van der Waals surface area contributed by atoms with E-state index in [1.54, 1.807) is 25.3 Å². The summed E-state index contributed by atoms with van der Waals surface area (Å²) in [6.45, 7) is 4.60. The zero-order valence-corrected chi connectivity index (χ0v) is 20.2. The van der Waals surface area contributed by atoms with Crippen LogP contribution in [0.3, 0.4) is 0 Å². The van der Waals surface area contributed by atoms with E-state index in [4.69, 9.17) is 16.3 Å². The fraction of sp³-hybridized carbons (Fsp3) is 0.296. The minimum atomic E-state index is -1.02. The van der Waals surface area contributed by atoms with E-state index in [-0.39, 0.29) is 18.1 Å². The summed E-state index contributed by atoms with van der Waals surface area (Å²) in [4.78, 5) is 28.6. The van der Waals surface area contributed by atoms with Gasteiger partial charge in [-0.3, -0.25) is 0 Å². The van der Waals surface area contributed by atoms with Gasteiger partial charge in [0, 0.05) is 23.4 Å². The number of rotatable bonds is 11. The number of hydrogen-bond acceptors (Lipinski definition) is 4. The summed E-state index contributed by atoms with van der Waals surface area (Å²) in [5.41, 5.74) is 3.22. The van der Waals surface area contributed by atoms with E-state index >= 15 is 0 Å². The van der Waals surface area contributed by atoms with Crippen LogP contribution < -0.4 is 0 Å². The normalized spacial score (nSPS) is 11.4. The minimum Gasteiger partial charge on any atom is -0.478 e. The maximum absolute atomic E-state index is 12.8. The van der Waals surface area contributed by atoms with Gasteiger partial charge in [0.2, 0.25) is 0 Å². The van der Waals surface area contributed by atoms with Gasteiger partial charge in [0.1, 0.15) is 5.82 Å². The molecule has 6 nitrogen and oxygen atoms in total. The molecule has 3 rings (SSSR count). The molecule has 0 aliphatic rings. The second-order valence-corrected chi connectivity index (χ2v) is 8.36. The predicted molar refractivity (Wildman–Crippen MR) is 133 cm³/mol. The molecule has 34 heavy (non-hydrogen) atoms. The Labute approximate surface area is 204 Å². The number of hydrogen-bond donors (Lipinski definition) is 1. The third-order valence-electron chi connectivity index (χ3n) is 5.45. The summed E-state index contributed by atoms with van der Waals surface area (Å²) in [5, 5.41) is 9.61. The number of aromatic carboxylic acids is 1. The lowest BCUT2D eigenvalue weighted by Gasteiger charge is -2.14. The molecule has 0 aliphatic carbocycles. The molecule has 178 valence electrons. The standard InChI is InChI=1S/C27H29ClN2O4/c1-3-5-11-25-29-17-23(30(25)18-21-13-12-20(26(31)32)16-24(21)28)15-22(27(33)34-4-2)14-19-9-7-6-8-10-19/h6-10,12-13,15-17H,3-5,11,14,18H2,1-2H3,(H,31,32)/b22-15+. The summed E-state index contributed by atoms with van der Waals surface area (Å²) in [5.74, 6) is -0.504. The second-order valence-electron chi connectivity index (χ2n) is 7.95. The number of unbranched alkanes of at least 4 members (excludes halogenated alkanes) is 1. The number of esters is 1. The molecule has 0 aliphatic heterocycles. The number of carboxylic acids is 1. The highest BCUT2D eigenvalue weighted by atomic mass is 35.5. The Kier molecular flexibility index (Phi) is 9.05. The maximum Gasteiger partial charge on any atom is 0.335 e. The Morgan fingerprint density at radius 2 is 1.91 bits per heavy atom. The van der Waals surface area contributed by atoms with Gasteiger partial charge in [-0.2, -0.15) is 0 Å². The maximum atomic E-state index is 12.8. The van der Waals surface area contributed by atoms with Crippen LogP contribution in [0.1, 0.15) is 59.7 Å². The van der Waals surface area contributed by atoms with Gasteiger partial charge in [-0.1, -0.05) is 61.3 Å². The molecule has 0 saturated carbocycles. The first kappa shape index (κ1) is 25.2. The Balaban J connectivity index is 2.02.